The van der Waals surface area contributed by atoms with E-state index in [1.165, 1.54) is 36.0 Å². The van der Waals surface area contributed by atoms with Crippen molar-refractivity contribution in [2.24, 2.45) is 0 Å². The predicted octanol–water partition coefficient (Wildman–Crippen LogP) is 3.38. The number of hydrogen-bond donors (Lipinski definition) is 1. The molecule has 0 aromatic heterocycles. The summed E-state index contributed by atoms with van der Waals surface area (Å²) in [4.78, 5) is 10.9. The van der Waals surface area contributed by atoms with Gasteiger partial charge in [-0.25, -0.2) is 0 Å². The van der Waals surface area contributed by atoms with Gasteiger partial charge >= 0.3 is 5.97 Å². The van der Waals surface area contributed by atoms with Gasteiger partial charge in [-0.2, -0.15) is 0 Å². The minimum absolute atomic E-state index is 0.230. The summed E-state index contributed by atoms with van der Waals surface area (Å²) < 4.78 is 0. The Hall–Kier alpha value is -1.31. The molecule has 2 heteroatoms. The van der Waals surface area contributed by atoms with Crippen LogP contribution in [0.25, 0.3) is 0 Å². The van der Waals surface area contributed by atoms with Crippen molar-refractivity contribution >= 4 is 5.97 Å². The fraction of sp³-hybridized carbons (Fsp3) is 0.533. The molecule has 0 amide bonds. The molecule has 1 fully saturated rings. The average Bonchev–Trinajstić information content (AvgIpc) is 3.03. The first-order valence-corrected chi connectivity index (χ1v) is 6.44. The number of hydrogen-bond acceptors (Lipinski definition) is 1. The Kier molecular flexibility index (Phi) is 2.29. The summed E-state index contributed by atoms with van der Waals surface area (Å²) in [6, 6.07) is 6.39. The number of carboxylic acids is 1. The third-order valence-corrected chi connectivity index (χ3v) is 4.52. The number of rotatable bonds is 2. The molecule has 0 radical (unpaired) electrons. The van der Waals surface area contributed by atoms with Gasteiger partial charge in [-0.15, -0.1) is 0 Å². The van der Waals surface area contributed by atoms with E-state index >= 15 is 0 Å². The summed E-state index contributed by atoms with van der Waals surface area (Å²) in [5, 5.41) is 9.01. The molecule has 2 aliphatic carbocycles. The number of fused-ring (bicyclic) bond motifs is 2. The van der Waals surface area contributed by atoms with Crippen LogP contribution in [0.3, 0.4) is 0 Å². The van der Waals surface area contributed by atoms with E-state index in [2.05, 4.69) is 25.1 Å². The Bertz CT molecular complexity index is 472. The zero-order valence-corrected chi connectivity index (χ0v) is 10.2. The van der Waals surface area contributed by atoms with Gasteiger partial charge in [0.2, 0.25) is 0 Å². The largest absolute Gasteiger partial charge is 0.481 e. The Morgan fingerprint density at radius 3 is 2.82 bits per heavy atom. The standard InChI is InChI=1S/C15H18O2/c1-10-3-2-4-12-11(9-13(16)17)5-6-15(7-8-15)14(10)12/h2-4,11H,5-9H2,1H3,(H,16,17). The molecule has 1 aromatic rings. The van der Waals surface area contributed by atoms with Crippen LogP contribution in [0, 0.1) is 6.92 Å². The summed E-state index contributed by atoms with van der Waals surface area (Å²) in [5.41, 5.74) is 4.58. The Morgan fingerprint density at radius 1 is 1.41 bits per heavy atom. The van der Waals surface area contributed by atoms with Crippen molar-refractivity contribution in [3.8, 4) is 0 Å². The minimum Gasteiger partial charge on any atom is -0.481 e. The van der Waals surface area contributed by atoms with E-state index in [-0.39, 0.29) is 12.3 Å². The van der Waals surface area contributed by atoms with Gasteiger partial charge in [0.15, 0.2) is 0 Å². The molecule has 1 aromatic carbocycles. The van der Waals surface area contributed by atoms with Gasteiger partial charge in [0, 0.05) is 0 Å². The van der Waals surface area contributed by atoms with E-state index in [1.54, 1.807) is 0 Å². The molecule has 1 spiro atoms. The molecule has 1 unspecified atom stereocenters. The van der Waals surface area contributed by atoms with E-state index < -0.39 is 5.97 Å². The highest BCUT2D eigenvalue weighted by molar-refractivity contribution is 5.68. The number of aryl methyl sites for hydroxylation is 1. The smallest absolute Gasteiger partial charge is 0.303 e. The Morgan fingerprint density at radius 2 is 2.18 bits per heavy atom. The lowest BCUT2D eigenvalue weighted by molar-refractivity contribution is -0.137. The van der Waals surface area contributed by atoms with Crippen LogP contribution in [-0.4, -0.2) is 11.1 Å². The fourth-order valence-electron chi connectivity index (χ4n) is 3.56. The van der Waals surface area contributed by atoms with E-state index in [0.29, 0.717) is 5.41 Å². The van der Waals surface area contributed by atoms with Crippen LogP contribution in [0.4, 0.5) is 0 Å². The molecule has 0 saturated heterocycles. The lowest BCUT2D eigenvalue weighted by Crippen LogP contribution is -2.22. The molecule has 1 saturated carbocycles. The van der Waals surface area contributed by atoms with Crippen molar-refractivity contribution in [1.82, 2.24) is 0 Å². The zero-order chi connectivity index (χ0) is 12.0. The first-order valence-electron chi connectivity index (χ1n) is 6.44. The van der Waals surface area contributed by atoms with Crippen LogP contribution >= 0.6 is 0 Å². The zero-order valence-electron chi connectivity index (χ0n) is 10.2. The summed E-state index contributed by atoms with van der Waals surface area (Å²) >= 11 is 0. The molecular formula is C15H18O2. The van der Waals surface area contributed by atoms with E-state index in [9.17, 15) is 4.79 Å². The van der Waals surface area contributed by atoms with Gasteiger partial charge in [0.05, 0.1) is 6.42 Å². The van der Waals surface area contributed by atoms with Crippen molar-refractivity contribution in [1.29, 1.82) is 0 Å². The Labute approximate surface area is 102 Å². The molecule has 1 N–H and O–H groups in total. The molecule has 0 heterocycles. The van der Waals surface area contributed by atoms with Crippen LogP contribution in [0.2, 0.25) is 0 Å². The van der Waals surface area contributed by atoms with Crippen LogP contribution in [0.15, 0.2) is 18.2 Å². The van der Waals surface area contributed by atoms with Crippen LogP contribution in [0.1, 0.15) is 54.7 Å². The second-order valence-corrected chi connectivity index (χ2v) is 5.65. The van der Waals surface area contributed by atoms with Gasteiger partial charge < -0.3 is 5.11 Å². The number of carbonyl (C=O) groups is 1. The van der Waals surface area contributed by atoms with Gasteiger partial charge in [0.25, 0.3) is 0 Å². The second kappa shape index (κ2) is 3.59. The maximum atomic E-state index is 10.9. The highest BCUT2D eigenvalue weighted by Crippen LogP contribution is 2.59. The SMILES string of the molecule is Cc1cccc2c1C1(CCC2CC(=O)O)CC1. The monoisotopic (exact) mass is 230 g/mol. The third-order valence-electron chi connectivity index (χ3n) is 4.52. The van der Waals surface area contributed by atoms with Crippen molar-refractivity contribution < 1.29 is 9.90 Å². The molecular weight excluding hydrogens is 212 g/mol. The molecule has 0 aliphatic heterocycles. The van der Waals surface area contributed by atoms with Crippen molar-refractivity contribution in [3.63, 3.8) is 0 Å². The molecule has 2 nitrogen and oxygen atoms in total. The molecule has 0 bridgehead atoms. The van der Waals surface area contributed by atoms with Crippen LogP contribution < -0.4 is 0 Å². The van der Waals surface area contributed by atoms with Crippen molar-refractivity contribution in [2.45, 2.75) is 50.4 Å². The molecule has 90 valence electrons. The lowest BCUT2D eigenvalue weighted by atomic mass is 9.72. The second-order valence-electron chi connectivity index (χ2n) is 5.65. The van der Waals surface area contributed by atoms with Gasteiger partial charge in [-0.05, 0) is 60.6 Å². The first-order chi connectivity index (χ1) is 8.12. The quantitative estimate of drug-likeness (QED) is 0.845. The maximum Gasteiger partial charge on any atom is 0.303 e. The van der Waals surface area contributed by atoms with Gasteiger partial charge in [-0.1, -0.05) is 18.2 Å². The maximum absolute atomic E-state index is 10.9. The molecule has 3 rings (SSSR count). The number of carboxylic acid groups (broad SMARTS) is 1. The fourth-order valence-corrected chi connectivity index (χ4v) is 3.56. The normalized spacial score (nSPS) is 24.4. The Balaban J connectivity index is 2.05. The average molecular weight is 230 g/mol. The predicted molar refractivity (Wildman–Crippen MR) is 66.3 cm³/mol. The summed E-state index contributed by atoms with van der Waals surface area (Å²) in [7, 11) is 0. The first kappa shape index (κ1) is 10.8. The highest BCUT2D eigenvalue weighted by atomic mass is 16.4. The summed E-state index contributed by atoms with van der Waals surface area (Å²) in [6.07, 6.45) is 5.10. The van der Waals surface area contributed by atoms with E-state index in [4.69, 9.17) is 5.11 Å². The van der Waals surface area contributed by atoms with Crippen molar-refractivity contribution in [2.75, 3.05) is 0 Å². The third kappa shape index (κ3) is 1.67. The lowest BCUT2D eigenvalue weighted by Gasteiger charge is -2.32. The van der Waals surface area contributed by atoms with Gasteiger partial charge in [-0.3, -0.25) is 4.79 Å². The van der Waals surface area contributed by atoms with Crippen molar-refractivity contribution in [3.05, 3.63) is 34.9 Å². The van der Waals surface area contributed by atoms with E-state index in [0.717, 1.165) is 6.42 Å². The topological polar surface area (TPSA) is 37.3 Å². The molecule has 2 aliphatic rings. The van der Waals surface area contributed by atoms with Gasteiger partial charge in [0.1, 0.15) is 0 Å². The summed E-state index contributed by atoms with van der Waals surface area (Å²) in [5.74, 6) is -0.442. The minimum atomic E-state index is -0.672. The van der Waals surface area contributed by atoms with Crippen LogP contribution in [-0.2, 0) is 10.2 Å². The molecule has 1 atom stereocenters. The summed E-state index contributed by atoms with van der Waals surface area (Å²) in [6.45, 7) is 2.17. The highest BCUT2D eigenvalue weighted by Gasteiger charge is 2.49. The molecule has 17 heavy (non-hydrogen) atoms. The number of benzene rings is 1. The van der Waals surface area contributed by atoms with E-state index in [1.807, 2.05) is 0 Å². The number of aliphatic carboxylic acids is 1. The van der Waals surface area contributed by atoms with Crippen LogP contribution in [0.5, 0.6) is 0 Å².